The highest BCUT2D eigenvalue weighted by molar-refractivity contribution is 9.10. The molecule has 0 saturated carbocycles. The molecular formula is C17H21BrN4. The normalized spacial score (nSPS) is 15.1. The molecule has 1 aromatic carbocycles. The standard InChI is InChI=1S/C17H21BrN4/c1-2-14-15(11-21-17(19)16(14)18)12-4-3-5-13(10-12)22-8-6-20-7-9-22/h3-5,10-11,20H,2,6-9H2,1H3,(H2,19,21). The van der Waals surface area contributed by atoms with E-state index in [1.165, 1.54) is 16.8 Å². The van der Waals surface area contributed by atoms with Crippen LogP contribution in [0.3, 0.4) is 0 Å². The Hall–Kier alpha value is -1.59. The molecule has 3 N–H and O–H groups in total. The lowest BCUT2D eigenvalue weighted by Crippen LogP contribution is -2.43. The van der Waals surface area contributed by atoms with Crippen LogP contribution in [0.5, 0.6) is 0 Å². The molecule has 0 amide bonds. The summed E-state index contributed by atoms with van der Waals surface area (Å²) in [4.78, 5) is 6.74. The highest BCUT2D eigenvalue weighted by Gasteiger charge is 2.14. The molecule has 0 aliphatic carbocycles. The van der Waals surface area contributed by atoms with E-state index in [1.54, 1.807) is 0 Å². The molecular weight excluding hydrogens is 340 g/mol. The summed E-state index contributed by atoms with van der Waals surface area (Å²) in [7, 11) is 0. The number of halogens is 1. The minimum atomic E-state index is 0.554. The Morgan fingerprint density at radius 2 is 2.09 bits per heavy atom. The molecule has 5 heteroatoms. The van der Waals surface area contributed by atoms with Crippen molar-refractivity contribution in [2.45, 2.75) is 13.3 Å². The van der Waals surface area contributed by atoms with E-state index in [1.807, 2.05) is 6.20 Å². The van der Waals surface area contributed by atoms with Crippen LogP contribution in [0.2, 0.25) is 0 Å². The van der Waals surface area contributed by atoms with Crippen molar-refractivity contribution < 1.29 is 0 Å². The first-order valence-electron chi connectivity index (χ1n) is 7.69. The molecule has 1 aliphatic heterocycles. The van der Waals surface area contributed by atoms with Crippen LogP contribution in [0, 0.1) is 0 Å². The lowest BCUT2D eigenvalue weighted by atomic mass is 9.99. The number of nitrogens with two attached hydrogens (primary N) is 1. The van der Waals surface area contributed by atoms with E-state index >= 15 is 0 Å². The summed E-state index contributed by atoms with van der Waals surface area (Å²) in [6.45, 7) is 6.32. The van der Waals surface area contributed by atoms with Crippen LogP contribution >= 0.6 is 15.9 Å². The van der Waals surface area contributed by atoms with Gasteiger partial charge in [0.25, 0.3) is 0 Å². The predicted molar refractivity (Wildman–Crippen MR) is 96.2 cm³/mol. The van der Waals surface area contributed by atoms with E-state index in [4.69, 9.17) is 5.73 Å². The van der Waals surface area contributed by atoms with Gasteiger partial charge in [-0.1, -0.05) is 19.1 Å². The highest BCUT2D eigenvalue weighted by atomic mass is 79.9. The first-order chi connectivity index (χ1) is 10.7. The second-order valence-corrected chi connectivity index (χ2v) is 6.28. The SMILES string of the molecule is CCc1c(-c2cccc(N3CCNCC3)c2)cnc(N)c1Br. The number of anilines is 2. The van der Waals surface area contributed by atoms with Crippen LogP contribution in [0.15, 0.2) is 34.9 Å². The number of aromatic nitrogens is 1. The molecule has 22 heavy (non-hydrogen) atoms. The molecule has 0 spiro atoms. The molecule has 1 aromatic heterocycles. The number of hydrogen-bond donors (Lipinski definition) is 2. The third-order valence-corrected chi connectivity index (χ3v) is 5.03. The summed E-state index contributed by atoms with van der Waals surface area (Å²) in [6.07, 6.45) is 2.80. The zero-order chi connectivity index (χ0) is 15.5. The second-order valence-electron chi connectivity index (χ2n) is 5.49. The fraction of sp³-hybridized carbons (Fsp3) is 0.353. The van der Waals surface area contributed by atoms with E-state index in [0.717, 1.165) is 42.6 Å². The van der Waals surface area contributed by atoms with Crippen LogP contribution in [0.25, 0.3) is 11.1 Å². The maximum Gasteiger partial charge on any atom is 0.137 e. The molecule has 0 bridgehead atoms. The van der Waals surface area contributed by atoms with Gasteiger partial charge in [0.1, 0.15) is 5.82 Å². The molecule has 3 rings (SSSR count). The molecule has 1 fully saturated rings. The summed E-state index contributed by atoms with van der Waals surface area (Å²) in [6, 6.07) is 8.70. The van der Waals surface area contributed by atoms with Gasteiger partial charge >= 0.3 is 0 Å². The van der Waals surface area contributed by atoms with Crippen molar-refractivity contribution in [2.24, 2.45) is 0 Å². The Morgan fingerprint density at radius 3 is 2.82 bits per heavy atom. The van der Waals surface area contributed by atoms with Crippen molar-refractivity contribution in [3.63, 3.8) is 0 Å². The number of nitrogen functional groups attached to an aromatic ring is 1. The zero-order valence-corrected chi connectivity index (χ0v) is 14.4. The van der Waals surface area contributed by atoms with Crippen LogP contribution < -0.4 is 16.0 Å². The Kier molecular flexibility index (Phi) is 4.64. The Bertz CT molecular complexity index is 666. The van der Waals surface area contributed by atoms with Crippen molar-refractivity contribution in [1.29, 1.82) is 0 Å². The number of nitrogens with zero attached hydrogens (tertiary/aromatic N) is 2. The summed E-state index contributed by atoms with van der Waals surface area (Å²) < 4.78 is 0.917. The van der Waals surface area contributed by atoms with E-state index in [9.17, 15) is 0 Å². The summed E-state index contributed by atoms with van der Waals surface area (Å²) in [5.41, 5.74) is 10.8. The minimum absolute atomic E-state index is 0.554. The van der Waals surface area contributed by atoms with Crippen LogP contribution in [-0.4, -0.2) is 31.2 Å². The van der Waals surface area contributed by atoms with E-state index in [0.29, 0.717) is 5.82 Å². The van der Waals surface area contributed by atoms with Gasteiger partial charge in [-0.05, 0) is 45.6 Å². The third-order valence-electron chi connectivity index (χ3n) is 4.14. The number of benzene rings is 1. The Balaban J connectivity index is 2.00. The van der Waals surface area contributed by atoms with Gasteiger partial charge in [0, 0.05) is 43.6 Å². The largest absolute Gasteiger partial charge is 0.383 e. The molecule has 1 saturated heterocycles. The van der Waals surface area contributed by atoms with Crippen LogP contribution in [-0.2, 0) is 6.42 Å². The monoisotopic (exact) mass is 360 g/mol. The Morgan fingerprint density at radius 1 is 1.32 bits per heavy atom. The number of rotatable bonds is 3. The average molecular weight is 361 g/mol. The molecule has 1 aliphatic rings. The van der Waals surface area contributed by atoms with E-state index in [-0.39, 0.29) is 0 Å². The van der Waals surface area contributed by atoms with Gasteiger partial charge in [0.15, 0.2) is 0 Å². The zero-order valence-electron chi connectivity index (χ0n) is 12.8. The maximum atomic E-state index is 5.92. The van der Waals surface area contributed by atoms with Crippen molar-refractivity contribution in [3.05, 3.63) is 40.5 Å². The molecule has 0 atom stereocenters. The number of pyridine rings is 1. The van der Waals surface area contributed by atoms with Gasteiger partial charge in [-0.25, -0.2) is 4.98 Å². The van der Waals surface area contributed by atoms with Crippen molar-refractivity contribution >= 4 is 27.4 Å². The van der Waals surface area contributed by atoms with Gasteiger partial charge in [-0.2, -0.15) is 0 Å². The fourth-order valence-electron chi connectivity index (χ4n) is 2.93. The first-order valence-corrected chi connectivity index (χ1v) is 8.49. The smallest absolute Gasteiger partial charge is 0.137 e. The molecule has 0 unspecified atom stereocenters. The predicted octanol–water partition coefficient (Wildman–Crippen LogP) is 3.07. The van der Waals surface area contributed by atoms with E-state index < -0.39 is 0 Å². The van der Waals surface area contributed by atoms with Crippen molar-refractivity contribution in [1.82, 2.24) is 10.3 Å². The van der Waals surface area contributed by atoms with Gasteiger partial charge in [-0.3, -0.25) is 0 Å². The summed E-state index contributed by atoms with van der Waals surface area (Å²) in [5, 5.41) is 3.39. The molecule has 2 heterocycles. The number of nitrogens with one attached hydrogen (secondary N) is 1. The lowest BCUT2D eigenvalue weighted by molar-refractivity contribution is 0.589. The van der Waals surface area contributed by atoms with E-state index in [2.05, 4.69) is 62.3 Å². The van der Waals surface area contributed by atoms with Crippen LogP contribution in [0.4, 0.5) is 11.5 Å². The fourth-order valence-corrected chi connectivity index (χ4v) is 3.53. The van der Waals surface area contributed by atoms with Gasteiger partial charge < -0.3 is 16.0 Å². The minimum Gasteiger partial charge on any atom is -0.383 e. The first kappa shape index (κ1) is 15.3. The number of hydrogen-bond acceptors (Lipinski definition) is 4. The second kappa shape index (κ2) is 6.67. The quantitative estimate of drug-likeness (QED) is 0.882. The molecule has 0 radical (unpaired) electrons. The Labute approximate surface area is 139 Å². The maximum absolute atomic E-state index is 5.92. The third kappa shape index (κ3) is 2.96. The lowest BCUT2D eigenvalue weighted by Gasteiger charge is -2.29. The molecule has 4 nitrogen and oxygen atoms in total. The number of piperazine rings is 1. The topological polar surface area (TPSA) is 54.2 Å². The summed E-state index contributed by atoms with van der Waals surface area (Å²) >= 11 is 3.58. The van der Waals surface area contributed by atoms with Crippen molar-refractivity contribution in [2.75, 3.05) is 36.8 Å². The molecule has 2 aromatic rings. The highest BCUT2D eigenvalue weighted by Crippen LogP contribution is 2.33. The van der Waals surface area contributed by atoms with Gasteiger partial charge in [0.2, 0.25) is 0 Å². The average Bonchev–Trinajstić information content (AvgIpc) is 2.58. The van der Waals surface area contributed by atoms with Gasteiger partial charge in [0.05, 0.1) is 4.47 Å². The van der Waals surface area contributed by atoms with Crippen LogP contribution in [0.1, 0.15) is 12.5 Å². The van der Waals surface area contributed by atoms with Crippen molar-refractivity contribution in [3.8, 4) is 11.1 Å². The summed E-state index contributed by atoms with van der Waals surface area (Å²) in [5.74, 6) is 0.554. The van der Waals surface area contributed by atoms with Gasteiger partial charge in [-0.15, -0.1) is 0 Å². The molecule has 116 valence electrons.